The minimum atomic E-state index is -0.379. The molecule has 98 valence electrons. The van der Waals surface area contributed by atoms with Crippen molar-refractivity contribution in [3.8, 4) is 0 Å². The standard InChI is InChI=1S/C14H17ClFNO/c1-10(18)12-4-6-17(7-5-12)9-11-2-3-14(16)13(15)8-11/h2-3,8,12H,4-7,9H2,1H3. The molecule has 2 nitrogen and oxygen atoms in total. The van der Waals surface area contributed by atoms with E-state index in [1.54, 1.807) is 19.1 Å². The Morgan fingerprint density at radius 2 is 2.11 bits per heavy atom. The fourth-order valence-corrected chi connectivity index (χ4v) is 2.60. The van der Waals surface area contributed by atoms with Crippen LogP contribution in [-0.4, -0.2) is 23.8 Å². The lowest BCUT2D eigenvalue weighted by Gasteiger charge is -2.30. The molecule has 1 aromatic carbocycles. The Morgan fingerprint density at radius 1 is 1.44 bits per heavy atom. The van der Waals surface area contributed by atoms with Gasteiger partial charge in [-0.25, -0.2) is 4.39 Å². The van der Waals surface area contributed by atoms with Crippen molar-refractivity contribution in [3.63, 3.8) is 0 Å². The minimum Gasteiger partial charge on any atom is -0.300 e. The molecule has 1 heterocycles. The molecule has 1 fully saturated rings. The van der Waals surface area contributed by atoms with Crippen LogP contribution in [0.4, 0.5) is 4.39 Å². The molecule has 18 heavy (non-hydrogen) atoms. The third-order valence-corrected chi connectivity index (χ3v) is 3.84. The Morgan fingerprint density at radius 3 is 2.67 bits per heavy atom. The summed E-state index contributed by atoms with van der Waals surface area (Å²) in [7, 11) is 0. The maximum atomic E-state index is 13.0. The van der Waals surface area contributed by atoms with Crippen molar-refractivity contribution in [3.05, 3.63) is 34.6 Å². The second kappa shape index (κ2) is 5.81. The summed E-state index contributed by atoms with van der Waals surface area (Å²) in [5.74, 6) is 0.133. The van der Waals surface area contributed by atoms with Gasteiger partial charge in [0.05, 0.1) is 5.02 Å². The van der Waals surface area contributed by atoms with Gasteiger partial charge in [0.1, 0.15) is 11.6 Å². The van der Waals surface area contributed by atoms with Crippen molar-refractivity contribution in [1.29, 1.82) is 0 Å². The molecule has 0 N–H and O–H groups in total. The van der Waals surface area contributed by atoms with Gasteiger partial charge in [0, 0.05) is 12.5 Å². The van der Waals surface area contributed by atoms with E-state index in [1.165, 1.54) is 6.07 Å². The van der Waals surface area contributed by atoms with Crippen LogP contribution in [0.25, 0.3) is 0 Å². The first-order valence-corrected chi connectivity index (χ1v) is 6.61. The van der Waals surface area contributed by atoms with Gasteiger partial charge >= 0.3 is 0 Å². The SMILES string of the molecule is CC(=O)C1CCN(Cc2ccc(F)c(Cl)c2)CC1. The van der Waals surface area contributed by atoms with Gasteiger partial charge in [0.15, 0.2) is 0 Å². The molecular formula is C14H17ClFNO. The molecule has 0 amide bonds. The number of hydrogen-bond donors (Lipinski definition) is 0. The van der Waals surface area contributed by atoms with Gasteiger partial charge in [0.25, 0.3) is 0 Å². The van der Waals surface area contributed by atoms with E-state index < -0.39 is 0 Å². The van der Waals surface area contributed by atoms with E-state index in [0.29, 0.717) is 5.78 Å². The number of ketones is 1. The molecular weight excluding hydrogens is 253 g/mol. The average Bonchev–Trinajstić information content (AvgIpc) is 2.34. The Kier molecular flexibility index (Phi) is 4.36. The highest BCUT2D eigenvalue weighted by Crippen LogP contribution is 2.21. The molecule has 0 aromatic heterocycles. The van der Waals surface area contributed by atoms with Gasteiger partial charge in [-0.15, -0.1) is 0 Å². The quantitative estimate of drug-likeness (QED) is 0.839. The number of Topliss-reactive ketones (excluding diaryl/α,β-unsaturated/α-hetero) is 1. The van der Waals surface area contributed by atoms with Crippen molar-refractivity contribution in [1.82, 2.24) is 4.90 Å². The molecule has 0 saturated carbocycles. The predicted octanol–water partition coefficient (Wildman–Crippen LogP) is 3.28. The highest BCUT2D eigenvalue weighted by molar-refractivity contribution is 6.30. The van der Waals surface area contributed by atoms with Crippen LogP contribution in [0.1, 0.15) is 25.3 Å². The summed E-state index contributed by atoms with van der Waals surface area (Å²) in [5, 5.41) is 0.172. The summed E-state index contributed by atoms with van der Waals surface area (Å²) >= 11 is 5.76. The second-order valence-corrected chi connectivity index (χ2v) is 5.32. The van der Waals surface area contributed by atoms with Gasteiger partial charge in [-0.05, 0) is 50.6 Å². The zero-order valence-corrected chi connectivity index (χ0v) is 11.2. The first-order chi connectivity index (χ1) is 8.56. The van der Waals surface area contributed by atoms with E-state index in [0.717, 1.165) is 38.0 Å². The highest BCUT2D eigenvalue weighted by Gasteiger charge is 2.22. The Hall–Kier alpha value is -0.930. The Bertz CT molecular complexity index is 441. The fraction of sp³-hybridized carbons (Fsp3) is 0.500. The zero-order valence-electron chi connectivity index (χ0n) is 10.5. The van der Waals surface area contributed by atoms with Crippen molar-refractivity contribution in [2.45, 2.75) is 26.3 Å². The van der Waals surface area contributed by atoms with Crippen molar-refractivity contribution in [2.24, 2.45) is 5.92 Å². The average molecular weight is 270 g/mol. The van der Waals surface area contributed by atoms with Crippen LogP contribution in [-0.2, 0) is 11.3 Å². The Labute approximate surface area is 112 Å². The maximum absolute atomic E-state index is 13.0. The van der Waals surface area contributed by atoms with Gasteiger partial charge < -0.3 is 0 Å². The van der Waals surface area contributed by atoms with E-state index in [-0.39, 0.29) is 16.8 Å². The molecule has 0 unspecified atom stereocenters. The summed E-state index contributed by atoms with van der Waals surface area (Å²) in [5.41, 5.74) is 1.02. The molecule has 0 bridgehead atoms. The monoisotopic (exact) mass is 269 g/mol. The molecule has 0 aliphatic carbocycles. The lowest BCUT2D eigenvalue weighted by molar-refractivity contribution is -0.122. The number of carbonyl (C=O) groups is 1. The molecule has 4 heteroatoms. The van der Waals surface area contributed by atoms with E-state index in [1.807, 2.05) is 0 Å². The smallest absolute Gasteiger partial charge is 0.141 e. The van der Waals surface area contributed by atoms with Crippen LogP contribution in [0.5, 0.6) is 0 Å². The van der Waals surface area contributed by atoms with Crippen LogP contribution < -0.4 is 0 Å². The molecule has 1 saturated heterocycles. The number of carbonyl (C=O) groups excluding carboxylic acids is 1. The third kappa shape index (κ3) is 3.30. The molecule has 1 aromatic rings. The topological polar surface area (TPSA) is 20.3 Å². The van der Waals surface area contributed by atoms with E-state index in [2.05, 4.69) is 4.90 Å². The van der Waals surface area contributed by atoms with Crippen molar-refractivity contribution < 1.29 is 9.18 Å². The summed E-state index contributed by atoms with van der Waals surface area (Å²) in [6, 6.07) is 4.84. The fourth-order valence-electron chi connectivity index (χ4n) is 2.39. The minimum absolute atomic E-state index is 0.172. The summed E-state index contributed by atoms with van der Waals surface area (Å²) in [6.07, 6.45) is 1.84. The van der Waals surface area contributed by atoms with Crippen LogP contribution in [0, 0.1) is 11.7 Å². The predicted molar refractivity (Wildman–Crippen MR) is 70.1 cm³/mol. The molecule has 0 atom stereocenters. The number of nitrogens with zero attached hydrogens (tertiary/aromatic N) is 1. The normalized spacial score (nSPS) is 17.9. The van der Waals surface area contributed by atoms with Gasteiger partial charge in [-0.2, -0.15) is 0 Å². The lowest BCUT2D eigenvalue weighted by atomic mass is 9.93. The number of hydrogen-bond acceptors (Lipinski definition) is 2. The lowest BCUT2D eigenvalue weighted by Crippen LogP contribution is -2.35. The van der Waals surface area contributed by atoms with Crippen LogP contribution in [0.3, 0.4) is 0 Å². The van der Waals surface area contributed by atoms with E-state index in [9.17, 15) is 9.18 Å². The molecule has 0 spiro atoms. The molecule has 1 aliphatic rings. The van der Waals surface area contributed by atoms with E-state index >= 15 is 0 Å². The number of benzene rings is 1. The van der Waals surface area contributed by atoms with Gasteiger partial charge in [-0.3, -0.25) is 9.69 Å². The molecule has 0 radical (unpaired) electrons. The molecule has 1 aliphatic heterocycles. The van der Waals surface area contributed by atoms with Crippen LogP contribution in [0.2, 0.25) is 5.02 Å². The number of piperidine rings is 1. The zero-order chi connectivity index (χ0) is 13.1. The van der Waals surface area contributed by atoms with Crippen LogP contribution >= 0.6 is 11.6 Å². The highest BCUT2D eigenvalue weighted by atomic mass is 35.5. The Balaban J connectivity index is 1.91. The third-order valence-electron chi connectivity index (χ3n) is 3.55. The number of rotatable bonds is 3. The van der Waals surface area contributed by atoms with Gasteiger partial charge in [0.2, 0.25) is 0 Å². The van der Waals surface area contributed by atoms with Gasteiger partial charge in [-0.1, -0.05) is 17.7 Å². The number of halogens is 2. The molecule has 2 rings (SSSR count). The first-order valence-electron chi connectivity index (χ1n) is 6.23. The first kappa shape index (κ1) is 13.5. The largest absolute Gasteiger partial charge is 0.300 e. The summed E-state index contributed by atoms with van der Waals surface area (Å²) in [4.78, 5) is 13.5. The van der Waals surface area contributed by atoms with Crippen molar-refractivity contribution >= 4 is 17.4 Å². The number of likely N-dealkylation sites (tertiary alicyclic amines) is 1. The summed E-state index contributed by atoms with van der Waals surface area (Å²) < 4.78 is 13.0. The summed E-state index contributed by atoms with van der Waals surface area (Å²) in [6.45, 7) is 4.27. The van der Waals surface area contributed by atoms with Crippen molar-refractivity contribution in [2.75, 3.05) is 13.1 Å². The van der Waals surface area contributed by atoms with E-state index in [4.69, 9.17) is 11.6 Å². The van der Waals surface area contributed by atoms with Crippen LogP contribution in [0.15, 0.2) is 18.2 Å². The second-order valence-electron chi connectivity index (χ2n) is 4.91. The maximum Gasteiger partial charge on any atom is 0.141 e.